The zero-order chi connectivity index (χ0) is 10.4. The fraction of sp³-hybridized carbons (Fsp3) is 0.200. The molecule has 0 spiro atoms. The number of hydrogen-bond donors (Lipinski definition) is 2. The number of rotatable bonds is 4. The first-order valence-corrected chi connectivity index (χ1v) is 5.25. The Labute approximate surface area is 87.2 Å². The van der Waals surface area contributed by atoms with Crippen molar-refractivity contribution in [2.75, 3.05) is 18.0 Å². The number of nitrogen functional groups attached to an aromatic ring is 1. The van der Waals surface area contributed by atoms with Crippen LogP contribution >= 0.6 is 11.8 Å². The monoisotopic (exact) mass is 212 g/mol. The first-order valence-electron chi connectivity index (χ1n) is 4.27. The van der Waals surface area contributed by atoms with Gasteiger partial charge in [0.2, 0.25) is 0 Å². The van der Waals surface area contributed by atoms with Gasteiger partial charge < -0.3 is 11.5 Å². The Kier molecular flexibility index (Phi) is 4.49. The molecule has 0 heterocycles. The van der Waals surface area contributed by atoms with Gasteiger partial charge in [0.15, 0.2) is 0 Å². The highest BCUT2D eigenvalue weighted by molar-refractivity contribution is 7.99. The average molecular weight is 212 g/mol. The maximum atomic E-state index is 12.8. The Morgan fingerprint density at radius 1 is 1.36 bits per heavy atom. The van der Waals surface area contributed by atoms with Gasteiger partial charge in [0.25, 0.3) is 0 Å². The molecule has 1 rings (SSSR count). The Morgan fingerprint density at radius 2 is 2.14 bits per heavy atom. The summed E-state index contributed by atoms with van der Waals surface area (Å²) in [7, 11) is 0. The maximum Gasteiger partial charge on any atom is 0.124 e. The third-order valence-corrected chi connectivity index (χ3v) is 2.64. The van der Waals surface area contributed by atoms with Crippen LogP contribution in [0.25, 0.3) is 0 Å². The molecule has 2 nitrogen and oxygen atoms in total. The van der Waals surface area contributed by atoms with Crippen molar-refractivity contribution in [1.29, 1.82) is 0 Å². The van der Waals surface area contributed by atoms with E-state index in [1.165, 1.54) is 23.9 Å². The molecule has 4 N–H and O–H groups in total. The summed E-state index contributed by atoms with van der Waals surface area (Å²) in [5.74, 6) is 0.495. The van der Waals surface area contributed by atoms with Crippen molar-refractivity contribution in [2.24, 2.45) is 5.73 Å². The van der Waals surface area contributed by atoms with Gasteiger partial charge in [-0.15, -0.1) is 11.8 Å². The highest BCUT2D eigenvalue weighted by Crippen LogP contribution is 2.25. The van der Waals surface area contributed by atoms with Gasteiger partial charge in [0, 0.05) is 22.9 Å². The maximum absolute atomic E-state index is 12.8. The summed E-state index contributed by atoms with van der Waals surface area (Å²) in [5.41, 5.74) is 11.6. The molecule has 0 radical (unpaired) electrons. The van der Waals surface area contributed by atoms with Crippen LogP contribution in [0.5, 0.6) is 0 Å². The minimum Gasteiger partial charge on any atom is -0.398 e. The van der Waals surface area contributed by atoms with Crippen LogP contribution in [-0.4, -0.2) is 12.3 Å². The second-order valence-corrected chi connectivity index (χ2v) is 3.76. The summed E-state index contributed by atoms with van der Waals surface area (Å²) >= 11 is 1.49. The summed E-state index contributed by atoms with van der Waals surface area (Å²) in [6, 6.07) is 4.37. The molecule has 14 heavy (non-hydrogen) atoms. The van der Waals surface area contributed by atoms with Crippen LogP contribution in [0.15, 0.2) is 35.2 Å². The van der Waals surface area contributed by atoms with E-state index in [9.17, 15) is 4.39 Å². The standard InChI is InChI=1S/C10H13FN2S/c11-8-3-4-9(13)10(7-8)14-6-2-1-5-12/h1-4,7H,5-6,12-13H2. The van der Waals surface area contributed by atoms with Crippen LogP contribution in [0.2, 0.25) is 0 Å². The molecule has 0 unspecified atom stereocenters. The van der Waals surface area contributed by atoms with Gasteiger partial charge in [-0.05, 0) is 18.2 Å². The normalized spacial score (nSPS) is 11.0. The fourth-order valence-electron chi connectivity index (χ4n) is 0.935. The zero-order valence-corrected chi connectivity index (χ0v) is 8.56. The third-order valence-electron chi connectivity index (χ3n) is 1.61. The zero-order valence-electron chi connectivity index (χ0n) is 7.74. The molecule has 0 fully saturated rings. The molecule has 1 aromatic rings. The number of thioether (sulfide) groups is 1. The highest BCUT2D eigenvalue weighted by atomic mass is 32.2. The van der Waals surface area contributed by atoms with Crippen molar-refractivity contribution in [1.82, 2.24) is 0 Å². The summed E-state index contributed by atoms with van der Waals surface area (Å²) < 4.78 is 12.8. The van der Waals surface area contributed by atoms with Crippen molar-refractivity contribution in [3.63, 3.8) is 0 Å². The lowest BCUT2D eigenvalue weighted by Gasteiger charge is -2.02. The largest absolute Gasteiger partial charge is 0.398 e. The highest BCUT2D eigenvalue weighted by Gasteiger charge is 1.99. The van der Waals surface area contributed by atoms with Crippen molar-refractivity contribution < 1.29 is 4.39 Å². The lowest BCUT2D eigenvalue weighted by Crippen LogP contribution is -1.93. The Hall–Kier alpha value is -1.00. The van der Waals surface area contributed by atoms with E-state index in [2.05, 4.69) is 0 Å². The third kappa shape index (κ3) is 3.40. The second kappa shape index (κ2) is 5.67. The summed E-state index contributed by atoms with van der Waals surface area (Å²) in [5, 5.41) is 0. The van der Waals surface area contributed by atoms with Gasteiger partial charge in [-0.3, -0.25) is 0 Å². The fourth-order valence-corrected chi connectivity index (χ4v) is 1.78. The van der Waals surface area contributed by atoms with Crippen molar-refractivity contribution in [2.45, 2.75) is 4.90 Å². The molecule has 0 bridgehead atoms. The number of anilines is 1. The Morgan fingerprint density at radius 3 is 2.86 bits per heavy atom. The average Bonchev–Trinajstić information content (AvgIpc) is 2.18. The SMILES string of the molecule is NCC=CCSc1cc(F)ccc1N. The lowest BCUT2D eigenvalue weighted by atomic mass is 10.3. The van der Waals surface area contributed by atoms with Gasteiger partial charge in [-0.1, -0.05) is 12.2 Å². The summed E-state index contributed by atoms with van der Waals surface area (Å²) in [4.78, 5) is 0.770. The molecule has 0 saturated carbocycles. The van der Waals surface area contributed by atoms with Gasteiger partial charge in [0.05, 0.1) is 0 Å². The molecule has 0 amide bonds. The Balaban J connectivity index is 2.57. The summed E-state index contributed by atoms with van der Waals surface area (Å²) in [6.07, 6.45) is 3.80. The molecule has 0 aliphatic rings. The summed E-state index contributed by atoms with van der Waals surface area (Å²) in [6.45, 7) is 0.527. The van der Waals surface area contributed by atoms with Gasteiger partial charge in [-0.2, -0.15) is 0 Å². The molecule has 0 aliphatic carbocycles. The first kappa shape index (κ1) is 11.1. The van der Waals surface area contributed by atoms with Crippen LogP contribution in [-0.2, 0) is 0 Å². The predicted octanol–water partition coefficient (Wildman–Crippen LogP) is 2.01. The van der Waals surface area contributed by atoms with E-state index in [0.717, 1.165) is 10.6 Å². The van der Waals surface area contributed by atoms with Crippen molar-refractivity contribution >= 4 is 17.4 Å². The number of benzene rings is 1. The molecular formula is C10H13FN2S. The molecule has 76 valence electrons. The van der Waals surface area contributed by atoms with E-state index < -0.39 is 0 Å². The van der Waals surface area contributed by atoms with Gasteiger partial charge >= 0.3 is 0 Å². The van der Waals surface area contributed by atoms with E-state index in [1.807, 2.05) is 12.2 Å². The molecule has 0 aliphatic heterocycles. The van der Waals surface area contributed by atoms with E-state index in [1.54, 1.807) is 6.07 Å². The van der Waals surface area contributed by atoms with Crippen LogP contribution < -0.4 is 11.5 Å². The van der Waals surface area contributed by atoms with Crippen LogP contribution in [0, 0.1) is 5.82 Å². The first-order chi connectivity index (χ1) is 6.74. The second-order valence-electron chi connectivity index (χ2n) is 2.70. The minimum atomic E-state index is -0.260. The van der Waals surface area contributed by atoms with Crippen LogP contribution in [0.4, 0.5) is 10.1 Å². The molecular weight excluding hydrogens is 199 g/mol. The van der Waals surface area contributed by atoms with Crippen LogP contribution in [0.1, 0.15) is 0 Å². The van der Waals surface area contributed by atoms with E-state index >= 15 is 0 Å². The number of halogens is 1. The smallest absolute Gasteiger partial charge is 0.124 e. The minimum absolute atomic E-state index is 0.260. The van der Waals surface area contributed by atoms with E-state index in [-0.39, 0.29) is 5.82 Å². The van der Waals surface area contributed by atoms with Gasteiger partial charge in [-0.25, -0.2) is 4.39 Å². The Bertz CT molecular complexity index is 326. The quantitative estimate of drug-likeness (QED) is 0.456. The molecule has 0 atom stereocenters. The number of hydrogen-bond acceptors (Lipinski definition) is 3. The van der Waals surface area contributed by atoms with Crippen molar-refractivity contribution in [3.8, 4) is 0 Å². The van der Waals surface area contributed by atoms with Crippen LogP contribution in [0.3, 0.4) is 0 Å². The molecule has 1 aromatic carbocycles. The topological polar surface area (TPSA) is 52.0 Å². The van der Waals surface area contributed by atoms with E-state index in [0.29, 0.717) is 12.2 Å². The molecule has 4 heteroatoms. The van der Waals surface area contributed by atoms with Crippen molar-refractivity contribution in [3.05, 3.63) is 36.2 Å². The molecule has 0 aromatic heterocycles. The van der Waals surface area contributed by atoms with Gasteiger partial charge in [0.1, 0.15) is 5.82 Å². The number of nitrogens with two attached hydrogens (primary N) is 2. The lowest BCUT2D eigenvalue weighted by molar-refractivity contribution is 0.624. The van der Waals surface area contributed by atoms with E-state index in [4.69, 9.17) is 11.5 Å². The predicted molar refractivity (Wildman–Crippen MR) is 59.7 cm³/mol. The molecule has 0 saturated heterocycles.